The van der Waals surface area contributed by atoms with E-state index in [-0.39, 0.29) is 16.4 Å². The molecule has 1 N–H and O–H groups in total. The molecule has 1 fully saturated rings. The monoisotopic (exact) mass is 241 g/mol. The molecule has 16 heavy (non-hydrogen) atoms. The molecule has 0 aliphatic heterocycles. The molecular weight excluding hydrogens is 225 g/mol. The van der Waals surface area contributed by atoms with Gasteiger partial charge in [0.1, 0.15) is 5.82 Å². The summed E-state index contributed by atoms with van der Waals surface area (Å²) in [6.45, 7) is 4.89. The summed E-state index contributed by atoms with van der Waals surface area (Å²) in [6, 6.07) is 5.14. The Bertz CT molecular complexity index is 386. The Morgan fingerprint density at radius 1 is 1.44 bits per heavy atom. The Morgan fingerprint density at radius 3 is 2.75 bits per heavy atom. The van der Waals surface area contributed by atoms with Crippen LogP contribution in [-0.2, 0) is 6.54 Å². The van der Waals surface area contributed by atoms with Crippen LogP contribution in [0.2, 0.25) is 5.02 Å². The van der Waals surface area contributed by atoms with Gasteiger partial charge in [0.05, 0.1) is 5.02 Å². The van der Waals surface area contributed by atoms with Gasteiger partial charge in [-0.15, -0.1) is 0 Å². The Kier molecular flexibility index (Phi) is 3.22. The van der Waals surface area contributed by atoms with Crippen LogP contribution in [0.25, 0.3) is 0 Å². The van der Waals surface area contributed by atoms with Gasteiger partial charge in [-0.3, -0.25) is 0 Å². The minimum atomic E-state index is -0.303. The van der Waals surface area contributed by atoms with Gasteiger partial charge in [0, 0.05) is 17.6 Å². The summed E-state index contributed by atoms with van der Waals surface area (Å²) in [7, 11) is 0. The zero-order valence-electron chi connectivity index (χ0n) is 9.69. The van der Waals surface area contributed by atoms with Crippen LogP contribution >= 0.6 is 11.6 Å². The van der Waals surface area contributed by atoms with Gasteiger partial charge in [-0.2, -0.15) is 0 Å². The Hall–Kier alpha value is -0.600. The SMILES string of the molecule is CC(C)(NCc1cccc(Cl)c1F)C1CC1. The fourth-order valence-corrected chi connectivity index (χ4v) is 2.15. The summed E-state index contributed by atoms with van der Waals surface area (Å²) in [5, 5.41) is 3.60. The molecule has 1 aromatic rings. The third-order valence-corrected chi connectivity index (χ3v) is 3.66. The molecule has 1 saturated carbocycles. The van der Waals surface area contributed by atoms with E-state index in [0.717, 1.165) is 5.92 Å². The van der Waals surface area contributed by atoms with Gasteiger partial charge in [-0.25, -0.2) is 4.39 Å². The largest absolute Gasteiger partial charge is 0.307 e. The van der Waals surface area contributed by atoms with Crippen LogP contribution < -0.4 is 5.32 Å². The molecule has 0 amide bonds. The molecule has 0 unspecified atom stereocenters. The standard InChI is InChI=1S/C13H17ClFN/c1-13(2,10-6-7-10)16-8-9-4-3-5-11(14)12(9)15/h3-5,10,16H,6-8H2,1-2H3. The second kappa shape index (κ2) is 4.34. The van der Waals surface area contributed by atoms with Gasteiger partial charge in [0.2, 0.25) is 0 Å². The molecule has 0 aromatic heterocycles. The number of hydrogen-bond acceptors (Lipinski definition) is 1. The normalized spacial score (nSPS) is 16.5. The third kappa shape index (κ3) is 2.55. The Balaban J connectivity index is 2.01. The molecular formula is C13H17ClFN. The van der Waals surface area contributed by atoms with Gasteiger partial charge in [0.25, 0.3) is 0 Å². The third-order valence-electron chi connectivity index (χ3n) is 3.36. The van der Waals surface area contributed by atoms with E-state index in [0.29, 0.717) is 12.1 Å². The lowest BCUT2D eigenvalue weighted by atomic mass is 9.98. The zero-order chi connectivity index (χ0) is 11.8. The van der Waals surface area contributed by atoms with Gasteiger partial charge in [0.15, 0.2) is 0 Å². The summed E-state index contributed by atoms with van der Waals surface area (Å²) < 4.78 is 13.6. The van der Waals surface area contributed by atoms with Crippen molar-refractivity contribution in [1.82, 2.24) is 5.32 Å². The maximum atomic E-state index is 13.6. The van der Waals surface area contributed by atoms with Crippen molar-refractivity contribution in [3.8, 4) is 0 Å². The van der Waals surface area contributed by atoms with Crippen molar-refractivity contribution >= 4 is 11.6 Å². The first-order valence-electron chi connectivity index (χ1n) is 5.68. The van der Waals surface area contributed by atoms with E-state index in [1.165, 1.54) is 12.8 Å². The highest BCUT2D eigenvalue weighted by Gasteiger charge is 2.37. The van der Waals surface area contributed by atoms with Gasteiger partial charge in [-0.05, 0) is 38.7 Å². The highest BCUT2D eigenvalue weighted by Crippen LogP contribution is 2.39. The molecule has 2 rings (SSSR count). The van der Waals surface area contributed by atoms with Crippen molar-refractivity contribution < 1.29 is 4.39 Å². The first-order chi connectivity index (χ1) is 7.50. The first kappa shape index (κ1) is 11.9. The summed E-state index contributed by atoms with van der Waals surface area (Å²) in [5.41, 5.74) is 0.732. The van der Waals surface area contributed by atoms with E-state index in [1.807, 2.05) is 0 Å². The lowest BCUT2D eigenvalue weighted by molar-refractivity contribution is 0.337. The molecule has 0 spiro atoms. The van der Waals surface area contributed by atoms with Crippen molar-refractivity contribution in [3.05, 3.63) is 34.6 Å². The molecule has 1 aliphatic carbocycles. The number of hydrogen-bond donors (Lipinski definition) is 1. The smallest absolute Gasteiger partial charge is 0.146 e. The quantitative estimate of drug-likeness (QED) is 0.847. The fourth-order valence-electron chi connectivity index (χ4n) is 1.96. The molecule has 1 aromatic carbocycles. The average Bonchev–Trinajstić information content (AvgIpc) is 3.04. The van der Waals surface area contributed by atoms with Crippen LogP contribution in [0.4, 0.5) is 4.39 Å². The summed E-state index contributed by atoms with van der Waals surface area (Å²) in [5.74, 6) is 0.429. The van der Waals surface area contributed by atoms with Crippen LogP contribution in [0.3, 0.4) is 0 Å². The lowest BCUT2D eigenvalue weighted by Gasteiger charge is -2.26. The Labute approximate surface area is 101 Å². The molecule has 0 heterocycles. The maximum Gasteiger partial charge on any atom is 0.146 e. The van der Waals surface area contributed by atoms with Crippen molar-refractivity contribution in [1.29, 1.82) is 0 Å². The van der Waals surface area contributed by atoms with E-state index in [4.69, 9.17) is 11.6 Å². The zero-order valence-corrected chi connectivity index (χ0v) is 10.4. The second-order valence-electron chi connectivity index (χ2n) is 5.06. The van der Waals surface area contributed by atoms with Crippen LogP contribution in [-0.4, -0.2) is 5.54 Å². The van der Waals surface area contributed by atoms with E-state index >= 15 is 0 Å². The fraction of sp³-hybridized carbons (Fsp3) is 0.538. The number of nitrogens with one attached hydrogen (secondary N) is 1. The summed E-state index contributed by atoms with van der Waals surface area (Å²) in [4.78, 5) is 0. The number of halogens is 2. The van der Waals surface area contributed by atoms with Crippen LogP contribution in [0, 0.1) is 11.7 Å². The average molecular weight is 242 g/mol. The number of benzene rings is 1. The molecule has 0 radical (unpaired) electrons. The molecule has 3 heteroatoms. The maximum absolute atomic E-state index is 13.6. The minimum Gasteiger partial charge on any atom is -0.307 e. The van der Waals surface area contributed by atoms with E-state index in [9.17, 15) is 4.39 Å². The molecule has 0 saturated heterocycles. The van der Waals surface area contributed by atoms with Gasteiger partial charge >= 0.3 is 0 Å². The summed E-state index contributed by atoms with van der Waals surface area (Å²) >= 11 is 5.74. The summed E-state index contributed by atoms with van der Waals surface area (Å²) in [6.07, 6.45) is 2.55. The highest BCUT2D eigenvalue weighted by atomic mass is 35.5. The predicted octanol–water partition coefficient (Wildman–Crippen LogP) is 3.76. The van der Waals surface area contributed by atoms with E-state index in [1.54, 1.807) is 18.2 Å². The predicted molar refractivity (Wildman–Crippen MR) is 65.1 cm³/mol. The van der Waals surface area contributed by atoms with Crippen LogP contribution in [0.5, 0.6) is 0 Å². The van der Waals surface area contributed by atoms with Gasteiger partial charge < -0.3 is 5.32 Å². The van der Waals surface area contributed by atoms with Crippen molar-refractivity contribution in [2.45, 2.75) is 38.8 Å². The first-order valence-corrected chi connectivity index (χ1v) is 6.06. The van der Waals surface area contributed by atoms with Crippen LogP contribution in [0.1, 0.15) is 32.3 Å². The Morgan fingerprint density at radius 2 is 2.12 bits per heavy atom. The molecule has 1 nitrogen and oxygen atoms in total. The van der Waals surface area contributed by atoms with Crippen molar-refractivity contribution in [3.63, 3.8) is 0 Å². The van der Waals surface area contributed by atoms with E-state index in [2.05, 4.69) is 19.2 Å². The van der Waals surface area contributed by atoms with Crippen molar-refractivity contribution in [2.24, 2.45) is 5.92 Å². The molecule has 0 bridgehead atoms. The molecule has 0 atom stereocenters. The van der Waals surface area contributed by atoms with E-state index < -0.39 is 0 Å². The van der Waals surface area contributed by atoms with Gasteiger partial charge in [-0.1, -0.05) is 23.7 Å². The lowest BCUT2D eigenvalue weighted by Crippen LogP contribution is -2.40. The number of rotatable bonds is 4. The van der Waals surface area contributed by atoms with Crippen molar-refractivity contribution in [2.75, 3.05) is 0 Å². The second-order valence-corrected chi connectivity index (χ2v) is 5.47. The molecule has 88 valence electrons. The highest BCUT2D eigenvalue weighted by molar-refractivity contribution is 6.30. The minimum absolute atomic E-state index is 0.0920. The molecule has 1 aliphatic rings. The van der Waals surface area contributed by atoms with Crippen LogP contribution in [0.15, 0.2) is 18.2 Å². The topological polar surface area (TPSA) is 12.0 Å².